The number of rotatable bonds is 4. The summed E-state index contributed by atoms with van der Waals surface area (Å²) in [4.78, 5) is 0. The van der Waals surface area contributed by atoms with Gasteiger partial charge in [-0.1, -0.05) is 29.8 Å². The van der Waals surface area contributed by atoms with Gasteiger partial charge in [-0.2, -0.15) is 0 Å². The normalized spacial score (nSPS) is 12.8. The Morgan fingerprint density at radius 1 is 1.46 bits per heavy atom. The lowest BCUT2D eigenvalue weighted by Crippen LogP contribution is -2.19. The predicted molar refractivity (Wildman–Crippen MR) is 56.7 cm³/mol. The summed E-state index contributed by atoms with van der Waals surface area (Å²) < 4.78 is 0. The van der Waals surface area contributed by atoms with Gasteiger partial charge in [0.2, 0.25) is 0 Å². The second-order valence-corrected chi connectivity index (χ2v) is 3.33. The lowest BCUT2D eigenvalue weighted by atomic mass is 10.0. The highest BCUT2D eigenvalue weighted by Gasteiger charge is 2.06. The van der Waals surface area contributed by atoms with Gasteiger partial charge in [0.1, 0.15) is 0 Å². The summed E-state index contributed by atoms with van der Waals surface area (Å²) in [5, 5.41) is 3.27. The van der Waals surface area contributed by atoms with E-state index in [1.165, 1.54) is 11.1 Å². The number of benzene rings is 1. The van der Waals surface area contributed by atoms with Crippen LogP contribution in [0.15, 0.2) is 24.3 Å². The average Bonchev–Trinajstić information content (AvgIpc) is 2.14. The van der Waals surface area contributed by atoms with E-state index in [0.717, 1.165) is 13.0 Å². The van der Waals surface area contributed by atoms with E-state index in [9.17, 15) is 0 Å². The topological polar surface area (TPSA) is 38.0 Å². The monoisotopic (exact) mass is 178 g/mol. The minimum Gasteiger partial charge on any atom is -0.330 e. The van der Waals surface area contributed by atoms with E-state index >= 15 is 0 Å². The molecule has 0 aromatic heterocycles. The van der Waals surface area contributed by atoms with Crippen molar-refractivity contribution in [2.45, 2.75) is 19.4 Å². The Balaban J connectivity index is 2.78. The van der Waals surface area contributed by atoms with E-state index in [1.54, 1.807) is 0 Å². The lowest BCUT2D eigenvalue weighted by molar-refractivity contribution is 0.556. The highest BCUT2D eigenvalue weighted by atomic mass is 14.9. The third-order valence-electron chi connectivity index (χ3n) is 2.25. The average molecular weight is 178 g/mol. The largest absolute Gasteiger partial charge is 0.330 e. The van der Waals surface area contributed by atoms with Crippen LogP contribution in [0.5, 0.6) is 0 Å². The molecule has 2 heteroatoms. The summed E-state index contributed by atoms with van der Waals surface area (Å²) in [5.41, 5.74) is 8.17. The molecule has 72 valence electrons. The van der Waals surface area contributed by atoms with Crippen LogP contribution in [0, 0.1) is 6.92 Å². The predicted octanol–water partition coefficient (Wildman–Crippen LogP) is 1.60. The second kappa shape index (κ2) is 5.00. The minimum absolute atomic E-state index is 0.393. The van der Waals surface area contributed by atoms with Gasteiger partial charge in [0, 0.05) is 6.04 Å². The molecule has 2 nitrogen and oxygen atoms in total. The van der Waals surface area contributed by atoms with E-state index in [-0.39, 0.29) is 0 Å². The number of nitrogens with one attached hydrogen (secondary N) is 1. The van der Waals surface area contributed by atoms with Crippen molar-refractivity contribution in [2.75, 3.05) is 13.6 Å². The Bertz CT molecular complexity index is 258. The van der Waals surface area contributed by atoms with Crippen molar-refractivity contribution in [3.63, 3.8) is 0 Å². The maximum atomic E-state index is 5.54. The Labute approximate surface area is 80.1 Å². The molecule has 0 radical (unpaired) electrons. The Hall–Kier alpha value is -0.860. The zero-order valence-corrected chi connectivity index (χ0v) is 8.38. The van der Waals surface area contributed by atoms with Crippen LogP contribution in [0.1, 0.15) is 23.6 Å². The molecule has 0 bridgehead atoms. The fourth-order valence-electron chi connectivity index (χ4n) is 1.53. The van der Waals surface area contributed by atoms with Crippen molar-refractivity contribution >= 4 is 0 Å². The molecule has 0 saturated heterocycles. The summed E-state index contributed by atoms with van der Waals surface area (Å²) in [6.45, 7) is 2.83. The van der Waals surface area contributed by atoms with E-state index in [2.05, 4.69) is 36.5 Å². The summed E-state index contributed by atoms with van der Waals surface area (Å²) in [5.74, 6) is 0. The van der Waals surface area contributed by atoms with Gasteiger partial charge < -0.3 is 11.1 Å². The van der Waals surface area contributed by atoms with Gasteiger partial charge in [-0.3, -0.25) is 0 Å². The van der Waals surface area contributed by atoms with Gasteiger partial charge in [-0.25, -0.2) is 0 Å². The molecule has 0 fully saturated rings. The zero-order valence-electron chi connectivity index (χ0n) is 8.38. The molecule has 0 amide bonds. The molecule has 0 aliphatic carbocycles. The van der Waals surface area contributed by atoms with Gasteiger partial charge in [0.15, 0.2) is 0 Å². The van der Waals surface area contributed by atoms with Crippen molar-refractivity contribution in [3.05, 3.63) is 35.4 Å². The molecular weight excluding hydrogens is 160 g/mol. The molecule has 0 aliphatic heterocycles. The Kier molecular flexibility index (Phi) is 3.93. The van der Waals surface area contributed by atoms with Crippen LogP contribution < -0.4 is 11.1 Å². The zero-order chi connectivity index (χ0) is 9.68. The maximum Gasteiger partial charge on any atom is 0.0329 e. The van der Waals surface area contributed by atoms with Crippen molar-refractivity contribution in [1.29, 1.82) is 0 Å². The molecule has 13 heavy (non-hydrogen) atoms. The molecule has 1 aromatic carbocycles. The Morgan fingerprint density at radius 2 is 2.23 bits per heavy atom. The first-order valence-electron chi connectivity index (χ1n) is 4.72. The quantitative estimate of drug-likeness (QED) is 0.735. The van der Waals surface area contributed by atoms with Crippen LogP contribution in [0.25, 0.3) is 0 Å². The molecule has 1 atom stereocenters. The van der Waals surface area contributed by atoms with Crippen LogP contribution in [-0.4, -0.2) is 13.6 Å². The first-order chi connectivity index (χ1) is 6.27. The van der Waals surface area contributed by atoms with Crippen LogP contribution in [0.2, 0.25) is 0 Å². The standard InChI is InChI=1S/C11H18N2/c1-9-4-3-5-10(8-9)11(13-2)6-7-12/h3-5,8,11,13H,6-7,12H2,1-2H3. The summed E-state index contributed by atoms with van der Waals surface area (Å²) in [6.07, 6.45) is 0.986. The second-order valence-electron chi connectivity index (χ2n) is 3.33. The fraction of sp³-hybridized carbons (Fsp3) is 0.455. The molecule has 1 unspecified atom stereocenters. The highest BCUT2D eigenvalue weighted by Crippen LogP contribution is 2.16. The number of nitrogens with two attached hydrogens (primary N) is 1. The maximum absolute atomic E-state index is 5.54. The van der Waals surface area contributed by atoms with Crippen molar-refractivity contribution in [2.24, 2.45) is 5.73 Å². The van der Waals surface area contributed by atoms with E-state index in [0.29, 0.717) is 6.04 Å². The Morgan fingerprint density at radius 3 is 2.77 bits per heavy atom. The lowest BCUT2D eigenvalue weighted by Gasteiger charge is -2.15. The van der Waals surface area contributed by atoms with Crippen molar-refractivity contribution < 1.29 is 0 Å². The summed E-state index contributed by atoms with van der Waals surface area (Å²) in [7, 11) is 1.97. The van der Waals surface area contributed by atoms with Gasteiger partial charge in [-0.15, -0.1) is 0 Å². The van der Waals surface area contributed by atoms with Crippen LogP contribution in [-0.2, 0) is 0 Å². The van der Waals surface area contributed by atoms with Gasteiger partial charge in [0.05, 0.1) is 0 Å². The molecular formula is C11H18N2. The number of hydrogen-bond acceptors (Lipinski definition) is 2. The minimum atomic E-state index is 0.393. The fourth-order valence-corrected chi connectivity index (χ4v) is 1.53. The molecule has 1 aromatic rings. The van der Waals surface area contributed by atoms with Gasteiger partial charge in [0.25, 0.3) is 0 Å². The van der Waals surface area contributed by atoms with Crippen LogP contribution in [0.3, 0.4) is 0 Å². The van der Waals surface area contributed by atoms with E-state index < -0.39 is 0 Å². The molecule has 0 spiro atoms. The van der Waals surface area contributed by atoms with Crippen LogP contribution >= 0.6 is 0 Å². The van der Waals surface area contributed by atoms with Crippen molar-refractivity contribution in [3.8, 4) is 0 Å². The number of aryl methyl sites for hydroxylation is 1. The molecule has 0 aliphatic rings. The first kappa shape index (κ1) is 10.2. The molecule has 1 rings (SSSR count). The molecule has 3 N–H and O–H groups in total. The highest BCUT2D eigenvalue weighted by molar-refractivity contribution is 5.24. The van der Waals surface area contributed by atoms with Crippen molar-refractivity contribution in [1.82, 2.24) is 5.32 Å². The SMILES string of the molecule is CNC(CCN)c1cccc(C)c1. The van der Waals surface area contributed by atoms with E-state index in [4.69, 9.17) is 5.73 Å². The third kappa shape index (κ3) is 2.83. The first-order valence-corrected chi connectivity index (χ1v) is 4.72. The van der Waals surface area contributed by atoms with E-state index in [1.807, 2.05) is 7.05 Å². The molecule has 0 heterocycles. The summed E-state index contributed by atoms with van der Waals surface area (Å²) in [6, 6.07) is 8.94. The van der Waals surface area contributed by atoms with Gasteiger partial charge in [-0.05, 0) is 32.5 Å². The molecule has 0 saturated carbocycles. The smallest absolute Gasteiger partial charge is 0.0329 e. The van der Waals surface area contributed by atoms with Gasteiger partial charge >= 0.3 is 0 Å². The summed E-state index contributed by atoms with van der Waals surface area (Å²) >= 11 is 0. The number of hydrogen-bond donors (Lipinski definition) is 2. The third-order valence-corrected chi connectivity index (χ3v) is 2.25. The van der Waals surface area contributed by atoms with Crippen LogP contribution in [0.4, 0.5) is 0 Å².